The van der Waals surface area contributed by atoms with Gasteiger partial charge in [0.25, 0.3) is 5.56 Å². The van der Waals surface area contributed by atoms with Crippen molar-refractivity contribution in [2.45, 2.75) is 32.4 Å². The third-order valence-electron chi connectivity index (χ3n) is 8.36. The highest BCUT2D eigenvalue weighted by molar-refractivity contribution is 6.39. The molecule has 13 heteroatoms. The number of fused-ring (bicyclic) bond motifs is 1. The Morgan fingerprint density at radius 2 is 1.73 bits per heavy atom. The van der Waals surface area contributed by atoms with E-state index in [1.54, 1.807) is 37.4 Å². The Morgan fingerprint density at radius 1 is 1.04 bits per heavy atom. The van der Waals surface area contributed by atoms with E-state index in [0.29, 0.717) is 79.6 Å². The van der Waals surface area contributed by atoms with E-state index in [1.807, 2.05) is 36.4 Å². The van der Waals surface area contributed by atoms with Gasteiger partial charge in [-0.1, -0.05) is 59.6 Å². The Balaban J connectivity index is 1.34. The molecule has 11 nitrogen and oxygen atoms in total. The molecule has 5 aromatic rings. The van der Waals surface area contributed by atoms with Crippen LogP contribution >= 0.6 is 23.2 Å². The number of nitrogens with zero attached hydrogens (tertiary/aromatic N) is 4. The van der Waals surface area contributed by atoms with Gasteiger partial charge in [0.2, 0.25) is 11.8 Å². The predicted molar refractivity (Wildman–Crippen MR) is 182 cm³/mol. The second kappa shape index (κ2) is 13.5. The van der Waals surface area contributed by atoms with E-state index in [0.717, 1.165) is 4.90 Å². The first-order valence-electron chi connectivity index (χ1n) is 15.0. The van der Waals surface area contributed by atoms with Gasteiger partial charge in [-0.05, 0) is 43.2 Å². The lowest BCUT2D eigenvalue weighted by atomic mass is 9.97. The fourth-order valence-corrected chi connectivity index (χ4v) is 6.53. The maximum atomic E-state index is 13.6. The van der Waals surface area contributed by atoms with Gasteiger partial charge in [-0.3, -0.25) is 18.8 Å². The zero-order valence-corrected chi connectivity index (χ0v) is 27.4. The summed E-state index contributed by atoms with van der Waals surface area (Å²) in [5.74, 6) is 0.0706. The highest BCUT2D eigenvalue weighted by atomic mass is 35.5. The number of pyridine rings is 2. The van der Waals surface area contributed by atoms with Crippen LogP contribution in [0, 0.1) is 6.92 Å². The molecular formula is C35H29Cl2N5O6. The van der Waals surface area contributed by atoms with Gasteiger partial charge in [-0.2, -0.15) is 0 Å². The lowest BCUT2D eigenvalue weighted by Crippen LogP contribution is -2.42. The van der Waals surface area contributed by atoms with Crippen LogP contribution < -0.4 is 15.6 Å². The topological polar surface area (TPSA) is 143 Å². The number of carbonyl (C=O) groups is 3. The first-order chi connectivity index (χ1) is 23.1. The molecule has 1 fully saturated rings. The van der Waals surface area contributed by atoms with Gasteiger partial charge < -0.3 is 20.1 Å². The summed E-state index contributed by atoms with van der Waals surface area (Å²) in [7, 11) is 1.44. The van der Waals surface area contributed by atoms with Crippen molar-refractivity contribution < 1.29 is 24.2 Å². The molecule has 1 aliphatic rings. The van der Waals surface area contributed by atoms with Crippen molar-refractivity contribution in [2.75, 3.05) is 13.7 Å². The van der Waals surface area contributed by atoms with Crippen LogP contribution in [-0.2, 0) is 11.3 Å². The summed E-state index contributed by atoms with van der Waals surface area (Å²) < 4.78 is 6.64. The third kappa shape index (κ3) is 6.22. The Kier molecular flexibility index (Phi) is 9.16. The fraction of sp³-hybridized carbons (Fsp3) is 0.200. The predicted octanol–water partition coefficient (Wildman–Crippen LogP) is 6.29. The number of carboxylic acid groups (broad SMARTS) is 1. The first-order valence-corrected chi connectivity index (χ1v) is 15.7. The third-order valence-corrected chi connectivity index (χ3v) is 9.17. The van der Waals surface area contributed by atoms with Crippen molar-refractivity contribution in [1.82, 2.24) is 24.6 Å². The average molecular weight is 687 g/mol. The minimum atomic E-state index is -1.19. The van der Waals surface area contributed by atoms with Crippen LogP contribution in [0.1, 0.15) is 34.5 Å². The van der Waals surface area contributed by atoms with Crippen LogP contribution in [0.25, 0.3) is 39.2 Å². The van der Waals surface area contributed by atoms with Crippen molar-refractivity contribution in [3.8, 4) is 39.4 Å². The van der Waals surface area contributed by atoms with Gasteiger partial charge in [-0.25, -0.2) is 14.8 Å². The van der Waals surface area contributed by atoms with E-state index in [2.05, 4.69) is 15.3 Å². The van der Waals surface area contributed by atoms with Crippen molar-refractivity contribution in [1.29, 1.82) is 0 Å². The SMILES string of the molecule is COc1nc(-c2cccc(-c3cccc(-c4ccn5c(=O)c(CN(CC6CCC(=O)N6)C(=O)O)c(C)nc5c4)c3Cl)c2Cl)ccc1C=O. The fourth-order valence-electron chi connectivity index (χ4n) is 5.87. The smallest absolute Gasteiger partial charge is 0.407 e. The summed E-state index contributed by atoms with van der Waals surface area (Å²) in [6, 6.07) is 17.6. The number of nitrogens with one attached hydrogen (secondary N) is 1. The number of aryl methyl sites for hydroxylation is 1. The molecular weight excluding hydrogens is 657 g/mol. The number of aldehydes is 1. The molecule has 2 amide bonds. The summed E-state index contributed by atoms with van der Waals surface area (Å²) in [6.45, 7) is 1.57. The summed E-state index contributed by atoms with van der Waals surface area (Å²) in [5, 5.41) is 13.4. The molecule has 2 aromatic carbocycles. The van der Waals surface area contributed by atoms with Crippen LogP contribution in [0.5, 0.6) is 5.88 Å². The van der Waals surface area contributed by atoms with Crippen LogP contribution in [0.2, 0.25) is 10.0 Å². The Bertz CT molecular complexity index is 2170. The molecule has 0 aliphatic carbocycles. The number of ether oxygens (including phenoxy) is 1. The van der Waals surface area contributed by atoms with Crippen LogP contribution in [0.4, 0.5) is 4.79 Å². The number of benzene rings is 2. The number of hydrogen-bond acceptors (Lipinski definition) is 7. The minimum absolute atomic E-state index is 0.0700. The average Bonchev–Trinajstić information content (AvgIpc) is 3.50. The van der Waals surface area contributed by atoms with Gasteiger partial charge in [0.1, 0.15) is 5.65 Å². The highest BCUT2D eigenvalue weighted by Gasteiger charge is 2.27. The second-order valence-corrected chi connectivity index (χ2v) is 12.1. The number of amides is 2. The summed E-state index contributed by atoms with van der Waals surface area (Å²) >= 11 is 14.0. The normalized spacial score (nSPS) is 14.2. The molecule has 1 aliphatic heterocycles. The van der Waals surface area contributed by atoms with E-state index >= 15 is 0 Å². The second-order valence-electron chi connectivity index (χ2n) is 11.3. The monoisotopic (exact) mass is 685 g/mol. The first kappa shape index (κ1) is 32.7. The van der Waals surface area contributed by atoms with Crippen molar-refractivity contribution >= 4 is 47.1 Å². The van der Waals surface area contributed by atoms with Gasteiger partial charge in [0.15, 0.2) is 6.29 Å². The molecule has 3 aromatic heterocycles. The van der Waals surface area contributed by atoms with Gasteiger partial charge in [0.05, 0.1) is 46.2 Å². The Morgan fingerprint density at radius 3 is 2.38 bits per heavy atom. The molecule has 48 heavy (non-hydrogen) atoms. The molecule has 244 valence electrons. The quantitative estimate of drug-likeness (QED) is 0.173. The zero-order chi connectivity index (χ0) is 34.1. The van der Waals surface area contributed by atoms with E-state index in [9.17, 15) is 24.3 Å². The van der Waals surface area contributed by atoms with Crippen LogP contribution in [0.15, 0.2) is 71.7 Å². The zero-order valence-electron chi connectivity index (χ0n) is 25.9. The maximum absolute atomic E-state index is 13.6. The number of methoxy groups -OCH3 is 1. The number of halogens is 2. The van der Waals surface area contributed by atoms with E-state index in [4.69, 9.17) is 27.9 Å². The molecule has 2 N–H and O–H groups in total. The van der Waals surface area contributed by atoms with Crippen molar-refractivity contribution in [2.24, 2.45) is 0 Å². The van der Waals surface area contributed by atoms with E-state index in [-0.39, 0.29) is 42.0 Å². The molecule has 1 unspecified atom stereocenters. The molecule has 6 rings (SSSR count). The van der Waals surface area contributed by atoms with Gasteiger partial charge in [0, 0.05) is 47.5 Å². The number of aromatic nitrogens is 3. The summed E-state index contributed by atoms with van der Waals surface area (Å²) in [5.41, 5.74) is 4.80. The van der Waals surface area contributed by atoms with E-state index < -0.39 is 6.09 Å². The maximum Gasteiger partial charge on any atom is 0.407 e. The molecule has 1 atom stereocenters. The number of hydrogen-bond donors (Lipinski definition) is 2. The molecule has 0 radical (unpaired) electrons. The van der Waals surface area contributed by atoms with Crippen molar-refractivity contribution in [3.05, 3.63) is 104 Å². The van der Waals surface area contributed by atoms with Gasteiger partial charge in [-0.15, -0.1) is 0 Å². The molecule has 4 heterocycles. The van der Waals surface area contributed by atoms with Gasteiger partial charge >= 0.3 is 6.09 Å². The molecule has 0 saturated carbocycles. The standard InChI is InChI=1S/C35H29Cl2N5O6/c1-19-27(17-41(35(46)47)16-22-10-12-30(44)39-22)34(45)42-14-13-20(15-29(42)38-19)23-5-3-6-24(31(23)36)25-7-4-8-26(32(25)37)28-11-9-21(18-43)33(40-28)48-2/h3-9,11,13-15,18,22H,10,12,16-17H2,1-2H3,(H,39,44)(H,46,47). The minimum Gasteiger partial charge on any atom is -0.480 e. The molecule has 0 spiro atoms. The lowest BCUT2D eigenvalue weighted by molar-refractivity contribution is -0.119. The van der Waals surface area contributed by atoms with Crippen LogP contribution in [0.3, 0.4) is 0 Å². The highest BCUT2D eigenvalue weighted by Crippen LogP contribution is 2.42. The Hall–Kier alpha value is -5.26. The van der Waals surface area contributed by atoms with E-state index in [1.165, 1.54) is 11.5 Å². The molecule has 0 bridgehead atoms. The summed E-state index contributed by atoms with van der Waals surface area (Å²) in [6.07, 6.45) is 1.94. The summed E-state index contributed by atoms with van der Waals surface area (Å²) in [4.78, 5) is 58.8. The number of carbonyl (C=O) groups excluding carboxylic acids is 2. The number of rotatable bonds is 9. The van der Waals surface area contributed by atoms with Crippen molar-refractivity contribution in [3.63, 3.8) is 0 Å². The van der Waals surface area contributed by atoms with Crippen LogP contribution in [-0.4, -0.2) is 62.4 Å². The largest absolute Gasteiger partial charge is 0.480 e. The Labute approximate surface area is 284 Å². The molecule has 1 saturated heterocycles. The lowest BCUT2D eigenvalue weighted by Gasteiger charge is -2.23.